The van der Waals surface area contributed by atoms with Crippen LogP contribution in [0.4, 0.5) is 10.5 Å². The molecule has 2 amide bonds. The van der Waals surface area contributed by atoms with Crippen LogP contribution in [-0.4, -0.2) is 29.4 Å². The van der Waals surface area contributed by atoms with E-state index in [1.807, 2.05) is 30.3 Å². The lowest BCUT2D eigenvalue weighted by atomic mass is 10.2. The zero-order valence-corrected chi connectivity index (χ0v) is 7.76. The molecule has 4 heteroatoms. The summed E-state index contributed by atoms with van der Waals surface area (Å²) in [6.45, 7) is 1.09. The first kappa shape index (κ1) is 9.02. The number of carbonyl (C=O) groups excluding carboxylic acids is 1. The number of nitrogens with zero attached hydrogens (tertiary/aromatic N) is 2. The predicted molar refractivity (Wildman–Crippen MR) is 52.3 cm³/mol. The van der Waals surface area contributed by atoms with Crippen LogP contribution >= 0.6 is 0 Å². The Labute approximate surface area is 82.3 Å². The van der Waals surface area contributed by atoms with E-state index in [2.05, 4.69) is 0 Å². The van der Waals surface area contributed by atoms with Crippen molar-refractivity contribution in [1.82, 2.24) is 5.06 Å². The molecule has 4 nitrogen and oxygen atoms in total. The molecule has 1 aromatic carbocycles. The maximum atomic E-state index is 11.5. The monoisotopic (exact) mass is 192 g/mol. The molecule has 0 aliphatic carbocycles. The Kier molecular flexibility index (Phi) is 2.37. The number of anilines is 1. The Balaban J connectivity index is 2.22. The fraction of sp³-hybridized carbons (Fsp3) is 0.300. The Morgan fingerprint density at radius 2 is 1.86 bits per heavy atom. The van der Waals surface area contributed by atoms with E-state index >= 15 is 0 Å². The standard InChI is InChI=1S/C10H12N2O2/c13-10-11(7-4-8-12(10)14)9-5-2-1-3-6-9/h1-3,5-6,14H,4,7-8H2. The van der Waals surface area contributed by atoms with E-state index in [0.29, 0.717) is 13.1 Å². The predicted octanol–water partition coefficient (Wildman–Crippen LogP) is 1.71. The summed E-state index contributed by atoms with van der Waals surface area (Å²) in [5.74, 6) is 0. The minimum Gasteiger partial charge on any atom is -0.293 e. The third kappa shape index (κ3) is 1.56. The number of benzene rings is 1. The van der Waals surface area contributed by atoms with E-state index in [1.54, 1.807) is 4.90 Å². The summed E-state index contributed by atoms with van der Waals surface area (Å²) in [7, 11) is 0. The largest absolute Gasteiger partial charge is 0.348 e. The third-order valence-corrected chi connectivity index (χ3v) is 2.27. The minimum atomic E-state index is -0.345. The highest BCUT2D eigenvalue weighted by Crippen LogP contribution is 2.18. The molecule has 0 spiro atoms. The molecule has 0 atom stereocenters. The van der Waals surface area contributed by atoms with Gasteiger partial charge in [-0.15, -0.1) is 0 Å². The zero-order valence-electron chi connectivity index (χ0n) is 7.76. The normalized spacial score (nSPS) is 17.4. The van der Waals surface area contributed by atoms with Gasteiger partial charge in [-0.05, 0) is 18.6 Å². The van der Waals surface area contributed by atoms with Crippen molar-refractivity contribution in [1.29, 1.82) is 0 Å². The summed E-state index contributed by atoms with van der Waals surface area (Å²) in [5, 5.41) is 10.0. The topological polar surface area (TPSA) is 43.8 Å². The molecule has 14 heavy (non-hydrogen) atoms. The maximum Gasteiger partial charge on any atom is 0.348 e. The average Bonchev–Trinajstić information content (AvgIpc) is 2.23. The SMILES string of the molecule is O=C1N(O)CCCN1c1ccccc1. The molecule has 1 N–H and O–H groups in total. The summed E-state index contributed by atoms with van der Waals surface area (Å²) in [6, 6.07) is 9.02. The molecular formula is C10H12N2O2. The van der Waals surface area contributed by atoms with E-state index in [9.17, 15) is 10.0 Å². The molecule has 0 aromatic heterocycles. The first-order valence-corrected chi connectivity index (χ1v) is 4.62. The smallest absolute Gasteiger partial charge is 0.293 e. The lowest BCUT2D eigenvalue weighted by Crippen LogP contribution is -2.47. The summed E-state index contributed by atoms with van der Waals surface area (Å²) >= 11 is 0. The number of carbonyl (C=O) groups is 1. The van der Waals surface area contributed by atoms with Crippen LogP contribution in [0.3, 0.4) is 0 Å². The minimum absolute atomic E-state index is 0.345. The molecule has 0 bridgehead atoms. The van der Waals surface area contributed by atoms with Crippen LogP contribution in [-0.2, 0) is 0 Å². The Bertz CT molecular complexity index is 326. The van der Waals surface area contributed by atoms with Gasteiger partial charge in [-0.3, -0.25) is 10.1 Å². The fourth-order valence-electron chi connectivity index (χ4n) is 1.56. The molecular weight excluding hydrogens is 180 g/mol. The number of hydroxylamine groups is 2. The molecule has 0 saturated carbocycles. The maximum absolute atomic E-state index is 11.5. The second-order valence-corrected chi connectivity index (χ2v) is 3.25. The Morgan fingerprint density at radius 1 is 1.14 bits per heavy atom. The van der Waals surface area contributed by atoms with Gasteiger partial charge in [-0.1, -0.05) is 18.2 Å². The number of urea groups is 1. The van der Waals surface area contributed by atoms with Gasteiger partial charge in [0.15, 0.2) is 0 Å². The molecule has 2 rings (SSSR count). The molecule has 1 heterocycles. The lowest BCUT2D eigenvalue weighted by molar-refractivity contribution is -0.0466. The van der Waals surface area contributed by atoms with Crippen LogP contribution in [0.25, 0.3) is 0 Å². The quantitative estimate of drug-likeness (QED) is 0.688. The molecule has 0 radical (unpaired) electrons. The van der Waals surface area contributed by atoms with E-state index < -0.39 is 0 Å². The molecule has 0 unspecified atom stereocenters. The first-order chi connectivity index (χ1) is 6.79. The van der Waals surface area contributed by atoms with Gasteiger partial charge in [-0.2, -0.15) is 0 Å². The second-order valence-electron chi connectivity index (χ2n) is 3.25. The summed E-state index contributed by atoms with van der Waals surface area (Å²) < 4.78 is 0. The summed E-state index contributed by atoms with van der Waals surface area (Å²) in [6.07, 6.45) is 0.789. The second kappa shape index (κ2) is 3.67. The number of rotatable bonds is 1. The molecule has 1 saturated heterocycles. The van der Waals surface area contributed by atoms with E-state index in [0.717, 1.165) is 17.2 Å². The number of hydrogen-bond donors (Lipinski definition) is 1. The van der Waals surface area contributed by atoms with Crippen molar-refractivity contribution in [2.75, 3.05) is 18.0 Å². The van der Waals surface area contributed by atoms with Gasteiger partial charge in [0.1, 0.15) is 0 Å². The first-order valence-electron chi connectivity index (χ1n) is 4.62. The van der Waals surface area contributed by atoms with Crippen molar-refractivity contribution < 1.29 is 10.0 Å². The van der Waals surface area contributed by atoms with Gasteiger partial charge in [-0.25, -0.2) is 9.86 Å². The van der Waals surface area contributed by atoms with E-state index in [4.69, 9.17) is 0 Å². The number of para-hydroxylation sites is 1. The van der Waals surface area contributed by atoms with Crippen LogP contribution in [0.15, 0.2) is 30.3 Å². The third-order valence-electron chi connectivity index (χ3n) is 2.27. The number of amides is 2. The van der Waals surface area contributed by atoms with Crippen molar-refractivity contribution in [3.8, 4) is 0 Å². The highest BCUT2D eigenvalue weighted by Gasteiger charge is 2.25. The highest BCUT2D eigenvalue weighted by molar-refractivity contribution is 5.91. The van der Waals surface area contributed by atoms with Crippen LogP contribution in [0.2, 0.25) is 0 Å². The van der Waals surface area contributed by atoms with Crippen LogP contribution in [0, 0.1) is 0 Å². The summed E-state index contributed by atoms with van der Waals surface area (Å²) in [4.78, 5) is 13.1. The molecule has 1 fully saturated rings. The Hall–Kier alpha value is -1.55. The van der Waals surface area contributed by atoms with Crippen LogP contribution in [0.5, 0.6) is 0 Å². The van der Waals surface area contributed by atoms with Crippen LogP contribution in [0.1, 0.15) is 6.42 Å². The molecule has 1 aromatic rings. The van der Waals surface area contributed by atoms with Crippen molar-refractivity contribution >= 4 is 11.7 Å². The van der Waals surface area contributed by atoms with Gasteiger partial charge >= 0.3 is 6.03 Å². The van der Waals surface area contributed by atoms with Crippen LogP contribution < -0.4 is 4.90 Å². The number of hydrogen-bond acceptors (Lipinski definition) is 2. The fourth-order valence-corrected chi connectivity index (χ4v) is 1.56. The van der Waals surface area contributed by atoms with Crippen molar-refractivity contribution in [2.24, 2.45) is 0 Å². The van der Waals surface area contributed by atoms with Gasteiger partial charge in [0, 0.05) is 12.2 Å². The van der Waals surface area contributed by atoms with Gasteiger partial charge in [0.2, 0.25) is 0 Å². The van der Waals surface area contributed by atoms with Gasteiger partial charge in [0.05, 0.1) is 6.54 Å². The summed E-state index contributed by atoms with van der Waals surface area (Å²) in [5.41, 5.74) is 0.830. The molecule has 74 valence electrons. The van der Waals surface area contributed by atoms with E-state index in [-0.39, 0.29) is 6.03 Å². The Morgan fingerprint density at radius 3 is 2.57 bits per heavy atom. The van der Waals surface area contributed by atoms with Gasteiger partial charge in [0.25, 0.3) is 0 Å². The molecule has 1 aliphatic rings. The average molecular weight is 192 g/mol. The molecule has 1 aliphatic heterocycles. The van der Waals surface area contributed by atoms with Crippen molar-refractivity contribution in [3.63, 3.8) is 0 Å². The van der Waals surface area contributed by atoms with Gasteiger partial charge < -0.3 is 0 Å². The zero-order chi connectivity index (χ0) is 9.97. The highest BCUT2D eigenvalue weighted by atomic mass is 16.5. The van der Waals surface area contributed by atoms with Crippen molar-refractivity contribution in [2.45, 2.75) is 6.42 Å². The van der Waals surface area contributed by atoms with E-state index in [1.165, 1.54) is 0 Å². The van der Waals surface area contributed by atoms with Crippen molar-refractivity contribution in [3.05, 3.63) is 30.3 Å². The lowest BCUT2D eigenvalue weighted by Gasteiger charge is -2.31.